The second kappa shape index (κ2) is 5.19. The quantitative estimate of drug-likeness (QED) is 0.813. The van der Waals surface area contributed by atoms with Crippen LogP contribution in [-0.4, -0.2) is 58.3 Å². The molecule has 0 aliphatic carbocycles. The highest BCUT2D eigenvalue weighted by molar-refractivity contribution is 6.99. The molecule has 0 aromatic carbocycles. The summed E-state index contributed by atoms with van der Waals surface area (Å²) in [6.45, 7) is 4.54. The first-order chi connectivity index (χ1) is 8.84. The number of piperidine rings is 1. The van der Waals surface area contributed by atoms with Gasteiger partial charge in [-0.3, -0.25) is 9.69 Å². The molecule has 3 heterocycles. The molecule has 1 N–H and O–H groups in total. The van der Waals surface area contributed by atoms with E-state index in [-0.39, 0.29) is 11.9 Å². The lowest BCUT2D eigenvalue weighted by Gasteiger charge is -2.39. The third kappa shape index (κ3) is 2.32. The van der Waals surface area contributed by atoms with Gasteiger partial charge in [-0.05, 0) is 12.8 Å². The Morgan fingerprint density at radius 1 is 1.33 bits per heavy atom. The van der Waals surface area contributed by atoms with E-state index < -0.39 is 0 Å². The first-order valence-electron chi connectivity index (χ1n) is 6.39. The van der Waals surface area contributed by atoms with E-state index >= 15 is 0 Å². The maximum Gasteiger partial charge on any atom is 0.237 e. The van der Waals surface area contributed by atoms with Crippen molar-refractivity contribution in [1.82, 2.24) is 19.0 Å². The molecular weight excluding hydrogens is 250 g/mol. The second-order valence-corrected chi connectivity index (χ2v) is 5.29. The number of carbonyl (C=O) groups excluding carboxylic acids is 1. The van der Waals surface area contributed by atoms with E-state index in [1.807, 2.05) is 6.20 Å². The molecule has 2 aliphatic rings. The number of nitrogens with one attached hydrogen (secondary N) is 1. The lowest BCUT2D eigenvalue weighted by atomic mass is 10.0. The van der Waals surface area contributed by atoms with Gasteiger partial charge in [-0.1, -0.05) is 0 Å². The van der Waals surface area contributed by atoms with Crippen molar-refractivity contribution in [3.8, 4) is 0 Å². The molecule has 2 fully saturated rings. The molecule has 98 valence electrons. The number of hydrogen-bond donors (Lipinski definition) is 1. The maximum absolute atomic E-state index is 11.8. The van der Waals surface area contributed by atoms with Gasteiger partial charge in [0, 0.05) is 32.7 Å². The van der Waals surface area contributed by atoms with Gasteiger partial charge in [0.1, 0.15) is 0 Å². The van der Waals surface area contributed by atoms with Crippen molar-refractivity contribution in [1.29, 1.82) is 0 Å². The largest absolute Gasteiger partial charge is 0.355 e. The highest BCUT2D eigenvalue weighted by Crippen LogP contribution is 2.17. The number of aromatic nitrogens is 2. The predicted molar refractivity (Wildman–Crippen MR) is 69.7 cm³/mol. The number of nitrogens with zero attached hydrogens (tertiary/aromatic N) is 4. The van der Waals surface area contributed by atoms with Crippen molar-refractivity contribution in [2.45, 2.75) is 18.9 Å². The summed E-state index contributed by atoms with van der Waals surface area (Å²) in [5, 5.41) is 2.95. The first-order valence-corrected chi connectivity index (χ1v) is 7.12. The van der Waals surface area contributed by atoms with Crippen LogP contribution in [0, 0.1) is 0 Å². The smallest absolute Gasteiger partial charge is 0.237 e. The van der Waals surface area contributed by atoms with Crippen molar-refractivity contribution >= 4 is 23.5 Å². The highest BCUT2D eigenvalue weighted by Gasteiger charge is 2.30. The third-order valence-electron chi connectivity index (χ3n) is 3.68. The van der Waals surface area contributed by atoms with Gasteiger partial charge in [-0.25, -0.2) is 0 Å². The van der Waals surface area contributed by atoms with Crippen molar-refractivity contribution in [2.75, 3.05) is 37.6 Å². The zero-order valence-corrected chi connectivity index (χ0v) is 11.0. The summed E-state index contributed by atoms with van der Waals surface area (Å²) >= 11 is 1.24. The third-order valence-corrected chi connectivity index (χ3v) is 4.15. The lowest BCUT2D eigenvalue weighted by molar-refractivity contribution is -0.128. The predicted octanol–water partition coefficient (Wildman–Crippen LogP) is -0.0613. The van der Waals surface area contributed by atoms with Crippen LogP contribution in [0.5, 0.6) is 0 Å². The Kier molecular flexibility index (Phi) is 3.42. The Hall–Kier alpha value is -1.21. The summed E-state index contributed by atoms with van der Waals surface area (Å²) < 4.78 is 8.28. The van der Waals surface area contributed by atoms with Gasteiger partial charge >= 0.3 is 0 Å². The second-order valence-electron chi connectivity index (χ2n) is 4.74. The fourth-order valence-corrected chi connectivity index (χ4v) is 3.10. The van der Waals surface area contributed by atoms with Crippen LogP contribution >= 0.6 is 11.7 Å². The van der Waals surface area contributed by atoms with Gasteiger partial charge in [-0.2, -0.15) is 8.75 Å². The average Bonchev–Trinajstić information content (AvgIpc) is 2.94. The fraction of sp³-hybridized carbons (Fsp3) is 0.727. The van der Waals surface area contributed by atoms with Gasteiger partial charge in [0.05, 0.1) is 24.0 Å². The SMILES string of the molecule is O=C1NCCCC1N1CCN(c2cnsn2)CC1. The average molecular weight is 267 g/mol. The van der Waals surface area contributed by atoms with Crippen molar-refractivity contribution < 1.29 is 4.79 Å². The van der Waals surface area contributed by atoms with Crippen LogP contribution in [0.4, 0.5) is 5.82 Å². The minimum absolute atomic E-state index is 0.0782. The van der Waals surface area contributed by atoms with Crippen molar-refractivity contribution in [3.63, 3.8) is 0 Å². The van der Waals surface area contributed by atoms with Crippen LogP contribution in [0.2, 0.25) is 0 Å². The summed E-state index contributed by atoms with van der Waals surface area (Å²) in [7, 11) is 0. The lowest BCUT2D eigenvalue weighted by Crippen LogP contribution is -2.56. The summed E-state index contributed by atoms with van der Waals surface area (Å²) in [4.78, 5) is 16.3. The molecule has 1 atom stereocenters. The maximum atomic E-state index is 11.8. The molecule has 1 aromatic heterocycles. The Bertz CT molecular complexity index is 402. The summed E-state index contributed by atoms with van der Waals surface area (Å²) in [5.74, 6) is 1.16. The van der Waals surface area contributed by atoms with Crippen molar-refractivity contribution in [2.24, 2.45) is 0 Å². The molecular formula is C11H17N5OS. The number of carbonyl (C=O) groups is 1. The Balaban J connectivity index is 1.58. The van der Waals surface area contributed by atoms with Gasteiger partial charge < -0.3 is 10.2 Å². The summed E-state index contributed by atoms with van der Waals surface area (Å²) in [5.41, 5.74) is 0. The molecule has 6 nitrogen and oxygen atoms in total. The minimum Gasteiger partial charge on any atom is -0.355 e. The molecule has 7 heteroatoms. The van der Waals surface area contributed by atoms with Gasteiger partial charge in [0.25, 0.3) is 0 Å². The van der Waals surface area contributed by atoms with Crippen LogP contribution in [-0.2, 0) is 4.79 Å². The van der Waals surface area contributed by atoms with Crippen LogP contribution in [0.3, 0.4) is 0 Å². The fourth-order valence-electron chi connectivity index (χ4n) is 2.67. The molecule has 2 saturated heterocycles. The topological polar surface area (TPSA) is 61.4 Å². The van der Waals surface area contributed by atoms with Crippen molar-refractivity contribution in [3.05, 3.63) is 6.20 Å². The molecule has 18 heavy (non-hydrogen) atoms. The number of rotatable bonds is 2. The molecule has 1 unspecified atom stereocenters. The van der Waals surface area contributed by atoms with Gasteiger partial charge in [-0.15, -0.1) is 0 Å². The summed E-state index contributed by atoms with van der Waals surface area (Å²) in [6, 6.07) is 0.0782. The van der Waals surface area contributed by atoms with E-state index in [0.29, 0.717) is 0 Å². The number of anilines is 1. The number of amides is 1. The van der Waals surface area contributed by atoms with Gasteiger partial charge in [0.2, 0.25) is 5.91 Å². The molecule has 0 radical (unpaired) electrons. The minimum atomic E-state index is 0.0782. The first kappa shape index (κ1) is 11.9. The van der Waals surface area contributed by atoms with E-state index in [2.05, 4.69) is 23.9 Å². The molecule has 0 saturated carbocycles. The Morgan fingerprint density at radius 3 is 2.83 bits per heavy atom. The molecule has 3 rings (SSSR count). The van der Waals surface area contributed by atoms with Crippen LogP contribution < -0.4 is 10.2 Å². The Morgan fingerprint density at radius 2 is 2.17 bits per heavy atom. The standard InChI is InChI=1S/C11H17N5OS/c17-11-9(2-1-3-12-11)15-4-6-16(7-5-15)10-8-13-18-14-10/h8-9H,1-7H2,(H,12,17). The highest BCUT2D eigenvalue weighted by atomic mass is 32.1. The van der Waals surface area contributed by atoms with E-state index in [1.165, 1.54) is 11.7 Å². The van der Waals surface area contributed by atoms with E-state index in [4.69, 9.17) is 0 Å². The van der Waals surface area contributed by atoms with Crippen LogP contribution in [0.25, 0.3) is 0 Å². The molecule has 0 bridgehead atoms. The molecule has 1 aromatic rings. The zero-order chi connectivity index (χ0) is 12.4. The molecule has 1 amide bonds. The summed E-state index contributed by atoms with van der Waals surface area (Å²) in [6.07, 6.45) is 3.89. The van der Waals surface area contributed by atoms with E-state index in [1.54, 1.807) is 0 Å². The number of piperazine rings is 1. The normalized spacial score (nSPS) is 26.1. The monoisotopic (exact) mass is 267 g/mol. The number of hydrogen-bond acceptors (Lipinski definition) is 6. The molecule has 0 spiro atoms. The van der Waals surface area contributed by atoms with E-state index in [0.717, 1.165) is 51.4 Å². The van der Waals surface area contributed by atoms with E-state index in [9.17, 15) is 4.79 Å². The van der Waals surface area contributed by atoms with Crippen LogP contribution in [0.1, 0.15) is 12.8 Å². The molecule has 2 aliphatic heterocycles. The van der Waals surface area contributed by atoms with Gasteiger partial charge in [0.15, 0.2) is 5.82 Å². The Labute approximate surface area is 110 Å². The van der Waals surface area contributed by atoms with Crippen LogP contribution in [0.15, 0.2) is 6.20 Å². The zero-order valence-electron chi connectivity index (χ0n) is 10.2.